The van der Waals surface area contributed by atoms with E-state index in [2.05, 4.69) is 0 Å². The molecule has 2 heterocycles. The first-order valence-electron chi connectivity index (χ1n) is 11.4. The Hall–Kier alpha value is -4.72. The van der Waals surface area contributed by atoms with E-state index in [-0.39, 0.29) is 48.1 Å². The van der Waals surface area contributed by atoms with Gasteiger partial charge < -0.3 is 13.9 Å². The molecule has 180 valence electrons. The Morgan fingerprint density at radius 2 is 1.58 bits per heavy atom. The van der Waals surface area contributed by atoms with E-state index >= 15 is 0 Å². The summed E-state index contributed by atoms with van der Waals surface area (Å²) in [6.07, 6.45) is 0.359. The summed E-state index contributed by atoms with van der Waals surface area (Å²) >= 11 is 0. The van der Waals surface area contributed by atoms with Crippen LogP contribution in [0.15, 0.2) is 77.2 Å². The maximum atomic E-state index is 12.8. The summed E-state index contributed by atoms with van der Waals surface area (Å²) in [7, 11) is 0. The second-order valence-electron chi connectivity index (χ2n) is 8.11. The largest absolute Gasteiger partial charge is 0.462 e. The number of furan rings is 1. The first-order chi connectivity index (χ1) is 17.5. The molecule has 4 aromatic rings. The fourth-order valence-corrected chi connectivity index (χ4v) is 4.12. The zero-order valence-electron chi connectivity index (χ0n) is 19.4. The highest BCUT2D eigenvalue weighted by atomic mass is 16.5. The first-order valence-corrected chi connectivity index (χ1v) is 11.4. The third-order valence-corrected chi connectivity index (χ3v) is 5.80. The minimum Gasteiger partial charge on any atom is -0.462 e. The van der Waals surface area contributed by atoms with Crippen molar-refractivity contribution in [2.24, 2.45) is 0 Å². The standard InChI is InChI=1S/C28H21NO7/c1-2-34-28(33)25-21-16-20(12-13-22(21)36-26(25)17-6-4-3-5-7-17)35-27(32)18-8-10-19(11-9-18)29-23(30)14-15-24(29)31/h3-13,16H,2,14-15H2,1H3. The summed E-state index contributed by atoms with van der Waals surface area (Å²) in [6.45, 7) is 1.91. The van der Waals surface area contributed by atoms with Crippen molar-refractivity contribution in [3.8, 4) is 17.1 Å². The van der Waals surface area contributed by atoms with Crippen LogP contribution in [0.2, 0.25) is 0 Å². The van der Waals surface area contributed by atoms with Crippen molar-refractivity contribution in [2.75, 3.05) is 11.5 Å². The lowest BCUT2D eigenvalue weighted by molar-refractivity contribution is -0.121. The van der Waals surface area contributed by atoms with Crippen molar-refractivity contribution in [1.29, 1.82) is 0 Å². The molecule has 1 aromatic heterocycles. The summed E-state index contributed by atoms with van der Waals surface area (Å²) in [6, 6.07) is 20.0. The quantitative estimate of drug-likeness (QED) is 0.212. The van der Waals surface area contributed by atoms with E-state index in [4.69, 9.17) is 13.9 Å². The van der Waals surface area contributed by atoms with Crippen molar-refractivity contribution < 1.29 is 33.1 Å². The maximum absolute atomic E-state index is 12.8. The lowest BCUT2D eigenvalue weighted by atomic mass is 10.1. The molecule has 3 aromatic carbocycles. The third-order valence-electron chi connectivity index (χ3n) is 5.80. The van der Waals surface area contributed by atoms with Gasteiger partial charge in [-0.2, -0.15) is 0 Å². The van der Waals surface area contributed by atoms with Crippen LogP contribution in [-0.4, -0.2) is 30.4 Å². The van der Waals surface area contributed by atoms with Gasteiger partial charge in [-0.3, -0.25) is 14.5 Å². The van der Waals surface area contributed by atoms with E-state index in [1.54, 1.807) is 25.1 Å². The molecule has 0 bridgehead atoms. The number of esters is 2. The molecule has 2 amide bonds. The van der Waals surface area contributed by atoms with Gasteiger partial charge >= 0.3 is 11.9 Å². The Balaban J connectivity index is 1.44. The summed E-state index contributed by atoms with van der Waals surface area (Å²) < 4.78 is 16.8. The SMILES string of the molecule is CCOC(=O)c1c(-c2ccccc2)oc2ccc(OC(=O)c3ccc(N4C(=O)CCC4=O)cc3)cc12. The van der Waals surface area contributed by atoms with Gasteiger partial charge in [0.25, 0.3) is 0 Å². The number of nitrogens with zero attached hydrogens (tertiary/aromatic N) is 1. The zero-order valence-corrected chi connectivity index (χ0v) is 19.4. The zero-order chi connectivity index (χ0) is 25.2. The lowest BCUT2D eigenvalue weighted by Gasteiger charge is -2.14. The molecule has 1 aliphatic heterocycles. The number of anilines is 1. The predicted molar refractivity (Wildman–Crippen MR) is 131 cm³/mol. The van der Waals surface area contributed by atoms with Crippen molar-refractivity contribution in [1.82, 2.24) is 0 Å². The van der Waals surface area contributed by atoms with Gasteiger partial charge in [0.2, 0.25) is 11.8 Å². The normalized spacial score (nSPS) is 13.3. The topological polar surface area (TPSA) is 103 Å². The van der Waals surface area contributed by atoms with Crippen LogP contribution >= 0.6 is 0 Å². The molecule has 1 saturated heterocycles. The van der Waals surface area contributed by atoms with E-state index in [9.17, 15) is 19.2 Å². The van der Waals surface area contributed by atoms with E-state index < -0.39 is 11.9 Å². The number of imide groups is 1. The average molecular weight is 483 g/mol. The molecule has 0 N–H and O–H groups in total. The van der Waals surface area contributed by atoms with Crippen LogP contribution in [0, 0.1) is 0 Å². The number of fused-ring (bicyclic) bond motifs is 1. The summed E-state index contributed by atoms with van der Waals surface area (Å²) in [5.74, 6) is -1.13. The number of hydrogen-bond donors (Lipinski definition) is 0. The highest BCUT2D eigenvalue weighted by molar-refractivity contribution is 6.19. The van der Waals surface area contributed by atoms with Gasteiger partial charge in [-0.15, -0.1) is 0 Å². The van der Waals surface area contributed by atoms with Crippen LogP contribution in [-0.2, 0) is 14.3 Å². The van der Waals surface area contributed by atoms with Gasteiger partial charge in [-0.1, -0.05) is 30.3 Å². The molecule has 8 nitrogen and oxygen atoms in total. The minimum absolute atomic E-state index is 0.179. The number of carbonyl (C=O) groups is 4. The van der Waals surface area contributed by atoms with Crippen LogP contribution in [0.4, 0.5) is 5.69 Å². The Bertz CT molecular complexity index is 1470. The molecule has 0 saturated carbocycles. The van der Waals surface area contributed by atoms with E-state index in [0.29, 0.717) is 28.0 Å². The number of carbonyl (C=O) groups excluding carboxylic acids is 4. The predicted octanol–water partition coefficient (Wildman–Crippen LogP) is 5.15. The van der Waals surface area contributed by atoms with E-state index in [1.807, 2.05) is 30.3 Å². The van der Waals surface area contributed by atoms with Crippen molar-refractivity contribution in [2.45, 2.75) is 19.8 Å². The number of benzene rings is 3. The monoisotopic (exact) mass is 483 g/mol. The summed E-state index contributed by atoms with van der Waals surface area (Å²) in [5.41, 5.74) is 2.05. The second-order valence-corrected chi connectivity index (χ2v) is 8.11. The van der Waals surface area contributed by atoms with Crippen molar-refractivity contribution in [3.63, 3.8) is 0 Å². The van der Waals surface area contributed by atoms with Crippen LogP contribution in [0.25, 0.3) is 22.3 Å². The fourth-order valence-electron chi connectivity index (χ4n) is 4.12. The van der Waals surface area contributed by atoms with Crippen LogP contribution < -0.4 is 9.64 Å². The van der Waals surface area contributed by atoms with Gasteiger partial charge in [-0.05, 0) is 49.4 Å². The molecular formula is C28H21NO7. The average Bonchev–Trinajstić information content (AvgIpc) is 3.44. The summed E-state index contributed by atoms with van der Waals surface area (Å²) in [4.78, 5) is 50.6. The molecule has 1 fully saturated rings. The van der Waals surface area contributed by atoms with Gasteiger partial charge in [0.05, 0.1) is 17.9 Å². The minimum atomic E-state index is -0.635. The third kappa shape index (κ3) is 4.24. The van der Waals surface area contributed by atoms with Gasteiger partial charge in [0.1, 0.15) is 22.7 Å². The van der Waals surface area contributed by atoms with Crippen molar-refractivity contribution >= 4 is 40.4 Å². The lowest BCUT2D eigenvalue weighted by Crippen LogP contribution is -2.28. The van der Waals surface area contributed by atoms with E-state index in [1.165, 1.54) is 24.3 Å². The summed E-state index contributed by atoms with van der Waals surface area (Å²) in [5, 5.41) is 0.457. The number of rotatable bonds is 6. The smallest absolute Gasteiger partial charge is 0.343 e. The molecule has 0 aliphatic carbocycles. The first kappa shape index (κ1) is 23.0. The highest BCUT2D eigenvalue weighted by Gasteiger charge is 2.30. The number of ether oxygens (including phenoxy) is 2. The Morgan fingerprint density at radius 1 is 0.889 bits per heavy atom. The molecule has 0 spiro atoms. The highest BCUT2D eigenvalue weighted by Crippen LogP contribution is 2.36. The number of amides is 2. The second kappa shape index (κ2) is 9.50. The van der Waals surface area contributed by atoms with Crippen LogP contribution in [0.3, 0.4) is 0 Å². The maximum Gasteiger partial charge on any atom is 0.343 e. The Morgan fingerprint density at radius 3 is 2.25 bits per heavy atom. The molecule has 0 radical (unpaired) electrons. The molecule has 0 unspecified atom stereocenters. The molecule has 0 atom stereocenters. The fraction of sp³-hybridized carbons (Fsp3) is 0.143. The number of hydrogen-bond acceptors (Lipinski definition) is 7. The van der Waals surface area contributed by atoms with Crippen LogP contribution in [0.5, 0.6) is 5.75 Å². The van der Waals surface area contributed by atoms with E-state index in [0.717, 1.165) is 4.90 Å². The molecule has 36 heavy (non-hydrogen) atoms. The molecular weight excluding hydrogens is 462 g/mol. The van der Waals surface area contributed by atoms with Crippen LogP contribution in [0.1, 0.15) is 40.5 Å². The Labute approximate surface area is 206 Å². The van der Waals surface area contributed by atoms with Gasteiger partial charge in [0, 0.05) is 23.8 Å². The van der Waals surface area contributed by atoms with Crippen molar-refractivity contribution in [3.05, 3.63) is 83.9 Å². The molecule has 8 heteroatoms. The Kier molecular flexibility index (Phi) is 6.08. The molecule has 5 rings (SSSR count). The van der Waals surface area contributed by atoms with Gasteiger partial charge in [0.15, 0.2) is 0 Å². The van der Waals surface area contributed by atoms with Gasteiger partial charge in [-0.25, -0.2) is 9.59 Å². The molecule has 1 aliphatic rings.